The van der Waals surface area contributed by atoms with E-state index in [1.54, 1.807) is 0 Å². The Hall–Kier alpha value is -1.26. The summed E-state index contributed by atoms with van der Waals surface area (Å²) in [6.07, 6.45) is 6.92. The van der Waals surface area contributed by atoms with E-state index in [0.717, 1.165) is 38.8 Å². The Balaban J connectivity index is 1.71. The Bertz CT molecular complexity index is 305. The monoisotopic (exact) mass is 253 g/mol. The lowest BCUT2D eigenvalue weighted by atomic mass is 9.93. The number of nitrogens with two attached hydrogens (primary N) is 1. The molecular formula is C13H23N3O2. The summed E-state index contributed by atoms with van der Waals surface area (Å²) in [6.45, 7) is 1.49. The van der Waals surface area contributed by atoms with Gasteiger partial charge in [0.05, 0.1) is 0 Å². The van der Waals surface area contributed by atoms with E-state index in [2.05, 4.69) is 5.32 Å². The third kappa shape index (κ3) is 3.62. The molecule has 1 heterocycles. The predicted octanol–water partition coefficient (Wildman–Crippen LogP) is 1.23. The maximum Gasteiger partial charge on any atom is 0.317 e. The summed E-state index contributed by atoms with van der Waals surface area (Å²) in [5, 5.41) is 3.10. The van der Waals surface area contributed by atoms with Crippen molar-refractivity contribution in [3.05, 3.63) is 0 Å². The average molecular weight is 253 g/mol. The van der Waals surface area contributed by atoms with Gasteiger partial charge in [0.15, 0.2) is 0 Å². The Kier molecular flexibility index (Phi) is 4.44. The third-order valence-corrected chi connectivity index (χ3v) is 4.07. The number of rotatable bonds is 3. The first-order valence-corrected chi connectivity index (χ1v) is 6.99. The molecule has 0 radical (unpaired) electrons. The average Bonchev–Trinajstić information content (AvgIpc) is 2.82. The standard InChI is InChI=1S/C13H23N3O2/c14-12(17)9-10-5-7-16(8-6-10)13(18)15-11-3-1-2-4-11/h10-11H,1-9H2,(H2,14,17)(H,15,18). The largest absolute Gasteiger partial charge is 0.370 e. The van der Waals surface area contributed by atoms with Gasteiger partial charge in [-0.25, -0.2) is 4.79 Å². The van der Waals surface area contributed by atoms with Crippen molar-refractivity contribution in [3.63, 3.8) is 0 Å². The molecule has 5 heteroatoms. The van der Waals surface area contributed by atoms with E-state index in [0.29, 0.717) is 18.4 Å². The van der Waals surface area contributed by atoms with Crippen LogP contribution in [0, 0.1) is 5.92 Å². The Labute approximate surface area is 108 Å². The molecule has 2 fully saturated rings. The van der Waals surface area contributed by atoms with Gasteiger partial charge in [0.25, 0.3) is 0 Å². The zero-order chi connectivity index (χ0) is 13.0. The second kappa shape index (κ2) is 6.07. The molecule has 1 aliphatic carbocycles. The van der Waals surface area contributed by atoms with Crippen LogP contribution in [0.2, 0.25) is 0 Å². The maximum absolute atomic E-state index is 12.0. The lowest BCUT2D eigenvalue weighted by molar-refractivity contribution is -0.119. The predicted molar refractivity (Wildman–Crippen MR) is 68.9 cm³/mol. The molecule has 0 spiro atoms. The number of hydrogen-bond acceptors (Lipinski definition) is 2. The van der Waals surface area contributed by atoms with Crippen LogP contribution in [0.15, 0.2) is 0 Å². The van der Waals surface area contributed by atoms with Gasteiger partial charge in [-0.15, -0.1) is 0 Å². The zero-order valence-corrected chi connectivity index (χ0v) is 10.9. The van der Waals surface area contributed by atoms with Crippen LogP contribution in [0.1, 0.15) is 44.9 Å². The second-order valence-electron chi connectivity index (χ2n) is 5.53. The first-order chi connectivity index (χ1) is 8.65. The molecule has 0 bridgehead atoms. The highest BCUT2D eigenvalue weighted by Gasteiger charge is 2.25. The minimum absolute atomic E-state index is 0.0689. The summed E-state index contributed by atoms with van der Waals surface area (Å²) in [4.78, 5) is 24.7. The van der Waals surface area contributed by atoms with Gasteiger partial charge in [0.1, 0.15) is 0 Å². The van der Waals surface area contributed by atoms with Crippen molar-refractivity contribution in [3.8, 4) is 0 Å². The fourth-order valence-electron chi connectivity index (χ4n) is 2.96. The van der Waals surface area contributed by atoms with Gasteiger partial charge in [-0.1, -0.05) is 12.8 Å². The molecular weight excluding hydrogens is 230 g/mol. The number of carbonyl (C=O) groups is 2. The second-order valence-corrected chi connectivity index (χ2v) is 5.53. The van der Waals surface area contributed by atoms with Crippen LogP contribution in [0.3, 0.4) is 0 Å². The zero-order valence-electron chi connectivity index (χ0n) is 10.9. The van der Waals surface area contributed by atoms with E-state index in [-0.39, 0.29) is 11.9 Å². The summed E-state index contributed by atoms with van der Waals surface area (Å²) < 4.78 is 0. The normalized spacial score (nSPS) is 22.1. The highest BCUT2D eigenvalue weighted by Crippen LogP contribution is 2.21. The number of hydrogen-bond donors (Lipinski definition) is 2. The molecule has 3 N–H and O–H groups in total. The third-order valence-electron chi connectivity index (χ3n) is 4.07. The molecule has 1 aliphatic heterocycles. The van der Waals surface area contributed by atoms with Crippen LogP contribution in [-0.4, -0.2) is 36.0 Å². The Morgan fingerprint density at radius 1 is 1.11 bits per heavy atom. The summed E-state index contributed by atoms with van der Waals surface area (Å²) >= 11 is 0. The molecule has 2 rings (SSSR count). The van der Waals surface area contributed by atoms with Crippen LogP contribution in [0.25, 0.3) is 0 Å². The maximum atomic E-state index is 12.0. The van der Waals surface area contributed by atoms with E-state index in [1.165, 1.54) is 12.8 Å². The van der Waals surface area contributed by atoms with Gasteiger partial charge in [-0.2, -0.15) is 0 Å². The summed E-state index contributed by atoms with van der Waals surface area (Å²) in [7, 11) is 0. The Morgan fingerprint density at radius 2 is 1.72 bits per heavy atom. The number of primary amides is 1. The molecule has 3 amide bonds. The number of piperidine rings is 1. The van der Waals surface area contributed by atoms with Crippen molar-refractivity contribution in [2.45, 2.75) is 51.0 Å². The van der Waals surface area contributed by atoms with Crippen LogP contribution in [0.4, 0.5) is 4.79 Å². The van der Waals surface area contributed by atoms with Gasteiger partial charge >= 0.3 is 6.03 Å². The molecule has 1 saturated heterocycles. The number of nitrogens with zero attached hydrogens (tertiary/aromatic N) is 1. The molecule has 102 valence electrons. The van der Waals surface area contributed by atoms with Crippen LogP contribution >= 0.6 is 0 Å². The summed E-state index contributed by atoms with van der Waals surface area (Å²) in [5.41, 5.74) is 5.19. The van der Waals surface area contributed by atoms with Gasteiger partial charge in [-0.3, -0.25) is 4.79 Å². The highest BCUT2D eigenvalue weighted by molar-refractivity contribution is 5.75. The first-order valence-electron chi connectivity index (χ1n) is 6.99. The topological polar surface area (TPSA) is 75.4 Å². The molecule has 18 heavy (non-hydrogen) atoms. The van der Waals surface area contributed by atoms with Crippen molar-refractivity contribution in [2.75, 3.05) is 13.1 Å². The molecule has 2 aliphatic rings. The van der Waals surface area contributed by atoms with Gasteiger partial charge in [0, 0.05) is 25.6 Å². The Morgan fingerprint density at radius 3 is 2.28 bits per heavy atom. The van der Waals surface area contributed by atoms with E-state index < -0.39 is 0 Å². The number of carbonyl (C=O) groups excluding carboxylic acids is 2. The van der Waals surface area contributed by atoms with Crippen molar-refractivity contribution >= 4 is 11.9 Å². The van der Waals surface area contributed by atoms with Gasteiger partial charge < -0.3 is 16.0 Å². The highest BCUT2D eigenvalue weighted by atomic mass is 16.2. The van der Waals surface area contributed by atoms with E-state index in [9.17, 15) is 9.59 Å². The molecule has 5 nitrogen and oxygen atoms in total. The fourth-order valence-corrected chi connectivity index (χ4v) is 2.96. The lowest BCUT2D eigenvalue weighted by Crippen LogP contribution is -2.47. The molecule has 0 aromatic heterocycles. The molecule has 1 saturated carbocycles. The van der Waals surface area contributed by atoms with E-state index >= 15 is 0 Å². The molecule has 0 unspecified atom stereocenters. The van der Waals surface area contributed by atoms with Crippen molar-refractivity contribution in [1.82, 2.24) is 10.2 Å². The molecule has 0 aromatic rings. The van der Waals surface area contributed by atoms with Crippen LogP contribution < -0.4 is 11.1 Å². The summed E-state index contributed by atoms with van der Waals surface area (Å²) in [5.74, 6) is 0.127. The van der Waals surface area contributed by atoms with Crippen molar-refractivity contribution in [2.24, 2.45) is 11.7 Å². The minimum atomic E-state index is -0.233. The fraction of sp³-hybridized carbons (Fsp3) is 0.846. The summed E-state index contributed by atoms with van der Waals surface area (Å²) in [6, 6.07) is 0.445. The molecule has 0 aromatic carbocycles. The molecule has 0 atom stereocenters. The van der Waals surface area contributed by atoms with Crippen LogP contribution in [-0.2, 0) is 4.79 Å². The van der Waals surface area contributed by atoms with E-state index in [1.807, 2.05) is 4.90 Å². The number of nitrogens with one attached hydrogen (secondary N) is 1. The SMILES string of the molecule is NC(=O)CC1CCN(C(=O)NC2CCCC2)CC1. The number of urea groups is 1. The van der Waals surface area contributed by atoms with Crippen molar-refractivity contribution in [1.29, 1.82) is 0 Å². The van der Waals surface area contributed by atoms with Gasteiger partial charge in [0.2, 0.25) is 5.91 Å². The smallest absolute Gasteiger partial charge is 0.317 e. The number of amides is 3. The minimum Gasteiger partial charge on any atom is -0.370 e. The number of likely N-dealkylation sites (tertiary alicyclic amines) is 1. The van der Waals surface area contributed by atoms with Crippen LogP contribution in [0.5, 0.6) is 0 Å². The lowest BCUT2D eigenvalue weighted by Gasteiger charge is -2.32. The van der Waals surface area contributed by atoms with E-state index in [4.69, 9.17) is 5.73 Å². The first kappa shape index (κ1) is 13.2. The van der Waals surface area contributed by atoms with Gasteiger partial charge in [-0.05, 0) is 31.6 Å². The quantitative estimate of drug-likeness (QED) is 0.793. The van der Waals surface area contributed by atoms with Crippen molar-refractivity contribution < 1.29 is 9.59 Å².